The first-order chi connectivity index (χ1) is 13.7. The molecule has 3 aromatic rings. The third-order valence-electron chi connectivity index (χ3n) is 5.06. The van der Waals surface area contributed by atoms with Gasteiger partial charge in [0.15, 0.2) is 0 Å². The Kier molecular flexibility index (Phi) is 4.98. The molecule has 1 heterocycles. The molecule has 0 radical (unpaired) electrons. The number of rotatable bonds is 4. The lowest BCUT2D eigenvalue weighted by atomic mass is 10.1. The highest BCUT2D eigenvalue weighted by atomic mass is 16.5. The van der Waals surface area contributed by atoms with Crippen LogP contribution in [0.4, 0.5) is 11.4 Å². The van der Waals surface area contributed by atoms with Gasteiger partial charge in [-0.1, -0.05) is 30.3 Å². The first-order valence-corrected chi connectivity index (χ1v) is 9.44. The van der Waals surface area contributed by atoms with Crippen LogP contribution in [0.25, 0.3) is 10.8 Å². The summed E-state index contributed by atoms with van der Waals surface area (Å²) in [5.41, 5.74) is 1.92. The van der Waals surface area contributed by atoms with Gasteiger partial charge >= 0.3 is 0 Å². The predicted molar refractivity (Wildman–Crippen MR) is 111 cm³/mol. The quantitative estimate of drug-likeness (QED) is 0.725. The third kappa shape index (κ3) is 3.56. The van der Waals surface area contributed by atoms with Gasteiger partial charge in [0.2, 0.25) is 5.91 Å². The molecule has 142 valence electrons. The van der Waals surface area contributed by atoms with Gasteiger partial charge in [0.05, 0.1) is 12.8 Å². The summed E-state index contributed by atoms with van der Waals surface area (Å²) in [4.78, 5) is 26.8. The van der Waals surface area contributed by atoms with E-state index in [2.05, 4.69) is 5.32 Å². The molecule has 0 atom stereocenters. The van der Waals surface area contributed by atoms with Crippen molar-refractivity contribution >= 4 is 34.0 Å². The smallest absolute Gasteiger partial charge is 0.255 e. The van der Waals surface area contributed by atoms with Gasteiger partial charge < -0.3 is 15.0 Å². The number of carbonyl (C=O) groups is 2. The Morgan fingerprint density at radius 3 is 2.61 bits per heavy atom. The van der Waals surface area contributed by atoms with Gasteiger partial charge in [-0.25, -0.2) is 0 Å². The summed E-state index contributed by atoms with van der Waals surface area (Å²) >= 11 is 0. The van der Waals surface area contributed by atoms with Crippen LogP contribution in [0, 0.1) is 0 Å². The van der Waals surface area contributed by atoms with Crippen LogP contribution in [-0.2, 0) is 4.79 Å². The zero-order valence-corrected chi connectivity index (χ0v) is 15.8. The van der Waals surface area contributed by atoms with Crippen molar-refractivity contribution in [3.63, 3.8) is 0 Å². The molecule has 5 heteroatoms. The van der Waals surface area contributed by atoms with Gasteiger partial charge in [0.25, 0.3) is 5.91 Å². The molecule has 0 spiro atoms. The molecule has 1 N–H and O–H groups in total. The van der Waals surface area contributed by atoms with E-state index in [-0.39, 0.29) is 11.8 Å². The number of fused-ring (bicyclic) bond motifs is 1. The van der Waals surface area contributed by atoms with E-state index in [1.54, 1.807) is 30.2 Å². The van der Waals surface area contributed by atoms with Gasteiger partial charge in [0, 0.05) is 24.2 Å². The molecular weight excluding hydrogens is 352 g/mol. The van der Waals surface area contributed by atoms with E-state index in [1.807, 2.05) is 42.5 Å². The lowest BCUT2D eigenvalue weighted by Crippen LogP contribution is -2.35. The molecular formula is C23H22N2O3. The fraction of sp³-hybridized carbons (Fsp3) is 0.217. The predicted octanol–water partition coefficient (Wildman–Crippen LogP) is 4.62. The Labute approximate surface area is 163 Å². The standard InChI is InChI=1S/C23H22N2O3/c1-28-21-12-11-19(15-20(21)25-13-5-4-8-22(25)26)24-23(27)18-10-9-16-6-2-3-7-17(16)14-18/h2-3,6-7,9-12,14-15H,4-5,8,13H2,1H3,(H,24,27). The highest BCUT2D eigenvalue weighted by Crippen LogP contribution is 2.33. The van der Waals surface area contributed by atoms with Gasteiger partial charge in [-0.15, -0.1) is 0 Å². The summed E-state index contributed by atoms with van der Waals surface area (Å²) < 4.78 is 5.43. The zero-order chi connectivity index (χ0) is 19.5. The van der Waals surface area contributed by atoms with Crippen molar-refractivity contribution in [3.8, 4) is 5.75 Å². The zero-order valence-electron chi connectivity index (χ0n) is 15.8. The number of methoxy groups -OCH3 is 1. The van der Waals surface area contributed by atoms with Crippen LogP contribution in [-0.4, -0.2) is 25.5 Å². The second-order valence-corrected chi connectivity index (χ2v) is 6.91. The summed E-state index contributed by atoms with van der Waals surface area (Å²) in [6.45, 7) is 0.664. The number of anilines is 2. The lowest BCUT2D eigenvalue weighted by Gasteiger charge is -2.28. The van der Waals surface area contributed by atoms with Gasteiger partial charge in [-0.2, -0.15) is 0 Å². The van der Waals surface area contributed by atoms with Crippen molar-refractivity contribution in [2.75, 3.05) is 23.9 Å². The highest BCUT2D eigenvalue weighted by Gasteiger charge is 2.23. The Bertz CT molecular complexity index is 1040. The first-order valence-electron chi connectivity index (χ1n) is 9.44. The van der Waals surface area contributed by atoms with E-state index in [1.165, 1.54) is 0 Å². The van der Waals surface area contributed by atoms with Crippen LogP contribution in [0.5, 0.6) is 5.75 Å². The molecule has 0 aliphatic carbocycles. The van der Waals surface area contributed by atoms with E-state index < -0.39 is 0 Å². The van der Waals surface area contributed by atoms with Crippen molar-refractivity contribution < 1.29 is 14.3 Å². The minimum Gasteiger partial charge on any atom is -0.495 e. The van der Waals surface area contributed by atoms with Crippen LogP contribution < -0.4 is 15.0 Å². The summed E-state index contributed by atoms with van der Waals surface area (Å²) in [7, 11) is 1.58. The number of ether oxygens (including phenoxy) is 1. The van der Waals surface area contributed by atoms with Crippen molar-refractivity contribution in [3.05, 3.63) is 66.2 Å². The normalized spacial score (nSPS) is 14.2. The highest BCUT2D eigenvalue weighted by molar-refractivity contribution is 6.07. The molecule has 0 bridgehead atoms. The number of hydrogen-bond donors (Lipinski definition) is 1. The fourth-order valence-corrected chi connectivity index (χ4v) is 3.57. The van der Waals surface area contributed by atoms with Gasteiger partial charge in [-0.3, -0.25) is 9.59 Å². The average molecular weight is 374 g/mol. The molecule has 2 amide bonds. The van der Waals surface area contributed by atoms with E-state index >= 15 is 0 Å². The lowest BCUT2D eigenvalue weighted by molar-refractivity contribution is -0.119. The molecule has 1 aliphatic heterocycles. The summed E-state index contributed by atoms with van der Waals surface area (Å²) in [5.74, 6) is 0.522. The minimum atomic E-state index is -0.188. The maximum atomic E-state index is 12.7. The average Bonchev–Trinajstić information content (AvgIpc) is 2.73. The molecule has 28 heavy (non-hydrogen) atoms. The molecule has 5 nitrogen and oxygen atoms in total. The minimum absolute atomic E-state index is 0.0857. The fourth-order valence-electron chi connectivity index (χ4n) is 3.57. The molecule has 0 aromatic heterocycles. The van der Waals surface area contributed by atoms with Crippen LogP contribution in [0.15, 0.2) is 60.7 Å². The van der Waals surface area contributed by atoms with E-state index in [0.29, 0.717) is 35.7 Å². The van der Waals surface area contributed by atoms with Crippen LogP contribution in [0.1, 0.15) is 29.6 Å². The van der Waals surface area contributed by atoms with Crippen LogP contribution in [0.3, 0.4) is 0 Å². The molecule has 0 unspecified atom stereocenters. The second-order valence-electron chi connectivity index (χ2n) is 6.91. The number of benzene rings is 3. The number of nitrogens with zero attached hydrogens (tertiary/aromatic N) is 1. The number of piperidine rings is 1. The van der Waals surface area contributed by atoms with Gasteiger partial charge in [-0.05, 0) is 53.9 Å². The number of hydrogen-bond acceptors (Lipinski definition) is 3. The first kappa shape index (κ1) is 18.0. The van der Waals surface area contributed by atoms with Crippen molar-refractivity contribution in [2.45, 2.75) is 19.3 Å². The maximum Gasteiger partial charge on any atom is 0.255 e. The Morgan fingerprint density at radius 2 is 1.82 bits per heavy atom. The Balaban J connectivity index is 1.60. The summed E-state index contributed by atoms with van der Waals surface area (Å²) in [6.07, 6.45) is 2.41. The van der Waals surface area contributed by atoms with Crippen LogP contribution in [0.2, 0.25) is 0 Å². The van der Waals surface area contributed by atoms with E-state index in [9.17, 15) is 9.59 Å². The number of carbonyl (C=O) groups excluding carboxylic acids is 2. The third-order valence-corrected chi connectivity index (χ3v) is 5.06. The van der Waals surface area contributed by atoms with Gasteiger partial charge in [0.1, 0.15) is 5.75 Å². The molecule has 0 saturated carbocycles. The second kappa shape index (κ2) is 7.72. The topological polar surface area (TPSA) is 58.6 Å². The van der Waals surface area contributed by atoms with Crippen LogP contribution >= 0.6 is 0 Å². The molecule has 1 fully saturated rings. The SMILES string of the molecule is COc1ccc(NC(=O)c2ccc3ccccc3c2)cc1N1CCCCC1=O. The van der Waals surface area contributed by atoms with E-state index in [4.69, 9.17) is 4.74 Å². The molecule has 4 rings (SSSR count). The molecule has 1 saturated heterocycles. The van der Waals surface area contributed by atoms with Crippen molar-refractivity contribution in [2.24, 2.45) is 0 Å². The number of nitrogens with one attached hydrogen (secondary N) is 1. The van der Waals surface area contributed by atoms with Crippen molar-refractivity contribution in [1.29, 1.82) is 0 Å². The van der Waals surface area contributed by atoms with Crippen molar-refractivity contribution in [1.82, 2.24) is 0 Å². The maximum absolute atomic E-state index is 12.7. The van der Waals surface area contributed by atoms with E-state index in [0.717, 1.165) is 23.6 Å². The largest absolute Gasteiger partial charge is 0.495 e. The monoisotopic (exact) mass is 374 g/mol. The summed E-state index contributed by atoms with van der Waals surface area (Å²) in [5, 5.41) is 5.05. The molecule has 1 aliphatic rings. The Hall–Kier alpha value is -3.34. The molecule has 3 aromatic carbocycles. The number of amides is 2. The summed E-state index contributed by atoms with van der Waals surface area (Å²) in [6, 6.07) is 18.9. The Morgan fingerprint density at radius 1 is 1.00 bits per heavy atom.